The van der Waals surface area contributed by atoms with E-state index in [4.69, 9.17) is 23.2 Å². The Bertz CT molecular complexity index is 995. The van der Waals surface area contributed by atoms with Crippen LogP contribution in [0.4, 0.5) is 5.69 Å². The summed E-state index contributed by atoms with van der Waals surface area (Å²) in [5, 5.41) is 4.27. The van der Waals surface area contributed by atoms with Gasteiger partial charge in [0.1, 0.15) is 0 Å². The minimum atomic E-state index is 0.00679. The Kier molecular flexibility index (Phi) is 8.80. The fourth-order valence-corrected chi connectivity index (χ4v) is 5.05. The zero-order chi connectivity index (χ0) is 23.8. The van der Waals surface area contributed by atoms with E-state index in [1.807, 2.05) is 12.1 Å². The highest BCUT2D eigenvalue weighted by atomic mass is 35.5. The lowest BCUT2D eigenvalue weighted by molar-refractivity contribution is -0.125. The quantitative estimate of drug-likeness (QED) is 0.429. The van der Waals surface area contributed by atoms with Gasteiger partial charge in [-0.3, -0.25) is 14.7 Å². The van der Waals surface area contributed by atoms with Crippen molar-refractivity contribution in [3.8, 4) is 0 Å². The predicted molar refractivity (Wildman–Crippen MR) is 139 cm³/mol. The van der Waals surface area contributed by atoms with Crippen molar-refractivity contribution in [3.05, 3.63) is 94.2 Å². The Morgan fingerprint density at radius 3 is 1.97 bits per heavy atom. The van der Waals surface area contributed by atoms with Crippen LogP contribution in [0.5, 0.6) is 0 Å². The summed E-state index contributed by atoms with van der Waals surface area (Å²) >= 11 is 12.6. The summed E-state index contributed by atoms with van der Waals surface area (Å²) in [6.07, 6.45) is 4.77. The van der Waals surface area contributed by atoms with Crippen LogP contribution in [0.2, 0.25) is 10.0 Å². The monoisotopic (exact) mass is 496 g/mol. The van der Waals surface area contributed by atoms with E-state index in [9.17, 15) is 4.79 Å². The third-order valence-electron chi connectivity index (χ3n) is 6.24. The summed E-state index contributed by atoms with van der Waals surface area (Å²) in [6, 6.07) is 20.9. The standard InChI is InChI=1S/C27H30Cl2N4O/c28-24-17-30-18-25(29)26(24)33-14-11-23(12-15-33)27(34)31-13-16-32(19-21-7-3-1-4-8-21)20-22-9-5-2-6-10-22/h1-10,17-18,23H,11-16,19-20H2,(H,31,34). The van der Waals surface area contributed by atoms with E-state index in [0.717, 1.165) is 51.3 Å². The van der Waals surface area contributed by atoms with E-state index in [2.05, 4.69) is 68.6 Å². The summed E-state index contributed by atoms with van der Waals surface area (Å²) in [5.41, 5.74) is 3.35. The van der Waals surface area contributed by atoms with Gasteiger partial charge in [-0.25, -0.2) is 0 Å². The average molecular weight is 497 g/mol. The van der Waals surface area contributed by atoms with Crippen molar-refractivity contribution in [3.63, 3.8) is 0 Å². The number of piperidine rings is 1. The van der Waals surface area contributed by atoms with Gasteiger partial charge >= 0.3 is 0 Å². The number of hydrogen-bond acceptors (Lipinski definition) is 4. The number of aromatic nitrogens is 1. The van der Waals surface area contributed by atoms with E-state index in [1.165, 1.54) is 11.1 Å². The zero-order valence-corrected chi connectivity index (χ0v) is 20.7. The Hall–Kier alpha value is -2.60. The lowest BCUT2D eigenvalue weighted by Crippen LogP contribution is -2.42. The van der Waals surface area contributed by atoms with E-state index in [1.54, 1.807) is 12.4 Å². The number of rotatable bonds is 9. The third kappa shape index (κ3) is 6.72. The Morgan fingerprint density at radius 1 is 0.912 bits per heavy atom. The fourth-order valence-electron chi connectivity index (χ4n) is 4.45. The minimum absolute atomic E-state index is 0.00679. The zero-order valence-electron chi connectivity index (χ0n) is 19.2. The molecule has 0 aliphatic carbocycles. The molecule has 1 saturated heterocycles. The highest BCUT2D eigenvalue weighted by molar-refractivity contribution is 6.38. The molecular formula is C27H30Cl2N4O. The lowest BCUT2D eigenvalue weighted by atomic mass is 9.95. The van der Waals surface area contributed by atoms with E-state index < -0.39 is 0 Å². The predicted octanol–water partition coefficient (Wildman–Crippen LogP) is 5.42. The van der Waals surface area contributed by atoms with E-state index in [-0.39, 0.29) is 11.8 Å². The molecule has 34 heavy (non-hydrogen) atoms. The maximum Gasteiger partial charge on any atom is 0.223 e. The van der Waals surface area contributed by atoms with Crippen LogP contribution in [0.25, 0.3) is 0 Å². The summed E-state index contributed by atoms with van der Waals surface area (Å²) in [6.45, 7) is 4.59. The number of halogens is 2. The molecule has 5 nitrogen and oxygen atoms in total. The molecule has 178 valence electrons. The largest absolute Gasteiger partial charge is 0.369 e. The molecule has 1 amide bonds. The molecule has 2 aromatic carbocycles. The smallest absolute Gasteiger partial charge is 0.223 e. The third-order valence-corrected chi connectivity index (χ3v) is 6.79. The van der Waals surface area contributed by atoms with Gasteiger partial charge in [0.05, 0.1) is 15.7 Å². The summed E-state index contributed by atoms with van der Waals surface area (Å²) < 4.78 is 0. The van der Waals surface area contributed by atoms with Gasteiger partial charge in [0.2, 0.25) is 5.91 Å². The molecule has 0 atom stereocenters. The van der Waals surface area contributed by atoms with E-state index in [0.29, 0.717) is 16.6 Å². The van der Waals surface area contributed by atoms with Gasteiger partial charge in [0.15, 0.2) is 0 Å². The van der Waals surface area contributed by atoms with Crippen LogP contribution in [0.15, 0.2) is 73.1 Å². The molecule has 0 spiro atoms. The molecule has 1 fully saturated rings. The van der Waals surface area contributed by atoms with Crippen LogP contribution in [0, 0.1) is 5.92 Å². The molecule has 1 N–H and O–H groups in total. The van der Waals surface area contributed by atoms with Gasteiger partial charge in [-0.05, 0) is 24.0 Å². The molecule has 1 aromatic heterocycles. The molecule has 0 bridgehead atoms. The van der Waals surface area contributed by atoms with Crippen molar-refractivity contribution in [2.45, 2.75) is 25.9 Å². The Morgan fingerprint density at radius 2 is 1.44 bits per heavy atom. The van der Waals surface area contributed by atoms with Crippen LogP contribution in [-0.4, -0.2) is 42.0 Å². The molecule has 2 heterocycles. The normalized spacial score (nSPS) is 14.4. The second kappa shape index (κ2) is 12.2. The van der Waals surface area contributed by atoms with Gasteiger partial charge in [-0.15, -0.1) is 0 Å². The first kappa shape index (κ1) is 24.5. The highest BCUT2D eigenvalue weighted by Crippen LogP contribution is 2.35. The number of pyridine rings is 1. The van der Waals surface area contributed by atoms with Crippen molar-refractivity contribution >= 4 is 34.8 Å². The van der Waals surface area contributed by atoms with Gasteiger partial charge in [0, 0.05) is 57.6 Å². The van der Waals surface area contributed by atoms with Gasteiger partial charge in [-0.1, -0.05) is 83.9 Å². The van der Waals surface area contributed by atoms with Crippen LogP contribution >= 0.6 is 23.2 Å². The van der Waals surface area contributed by atoms with Crippen molar-refractivity contribution in [1.29, 1.82) is 0 Å². The topological polar surface area (TPSA) is 48.5 Å². The molecule has 3 aromatic rings. The average Bonchev–Trinajstić information content (AvgIpc) is 2.85. The number of nitrogens with zero attached hydrogens (tertiary/aromatic N) is 3. The summed E-state index contributed by atoms with van der Waals surface area (Å²) in [4.78, 5) is 21.4. The lowest BCUT2D eigenvalue weighted by Gasteiger charge is -2.34. The molecule has 1 aliphatic rings. The second-order valence-corrected chi connectivity index (χ2v) is 9.50. The first-order valence-corrected chi connectivity index (χ1v) is 12.5. The molecule has 0 radical (unpaired) electrons. The Labute approximate surface area is 211 Å². The number of carbonyl (C=O) groups excluding carboxylic acids is 1. The molecule has 4 rings (SSSR count). The first-order chi connectivity index (χ1) is 16.6. The van der Waals surface area contributed by atoms with Crippen LogP contribution in [-0.2, 0) is 17.9 Å². The first-order valence-electron chi connectivity index (χ1n) is 11.7. The number of carbonyl (C=O) groups is 1. The maximum absolute atomic E-state index is 12.9. The SMILES string of the molecule is O=C(NCCN(Cc1ccccc1)Cc1ccccc1)C1CCN(c2c(Cl)cncc2Cl)CC1. The maximum atomic E-state index is 12.9. The van der Waals surface area contributed by atoms with Crippen molar-refractivity contribution in [2.75, 3.05) is 31.1 Å². The van der Waals surface area contributed by atoms with Crippen LogP contribution in [0.3, 0.4) is 0 Å². The Balaban J connectivity index is 1.28. The van der Waals surface area contributed by atoms with Crippen molar-refractivity contribution < 1.29 is 4.79 Å². The van der Waals surface area contributed by atoms with Gasteiger partial charge in [0.25, 0.3) is 0 Å². The van der Waals surface area contributed by atoms with Gasteiger partial charge in [-0.2, -0.15) is 0 Å². The van der Waals surface area contributed by atoms with Gasteiger partial charge < -0.3 is 10.2 Å². The molecule has 1 aliphatic heterocycles. The minimum Gasteiger partial charge on any atom is -0.369 e. The molecule has 0 unspecified atom stereocenters. The number of nitrogens with one attached hydrogen (secondary N) is 1. The summed E-state index contributed by atoms with van der Waals surface area (Å²) in [7, 11) is 0. The fraction of sp³-hybridized carbons (Fsp3) is 0.333. The molecule has 0 saturated carbocycles. The number of hydrogen-bond donors (Lipinski definition) is 1. The van der Waals surface area contributed by atoms with Crippen molar-refractivity contribution in [1.82, 2.24) is 15.2 Å². The number of amides is 1. The second-order valence-electron chi connectivity index (χ2n) is 8.69. The summed E-state index contributed by atoms with van der Waals surface area (Å²) in [5.74, 6) is 0.137. The van der Waals surface area contributed by atoms with Crippen LogP contribution < -0.4 is 10.2 Å². The molecular weight excluding hydrogens is 467 g/mol. The van der Waals surface area contributed by atoms with Crippen LogP contribution in [0.1, 0.15) is 24.0 Å². The number of benzene rings is 2. The molecule has 7 heteroatoms. The van der Waals surface area contributed by atoms with Crippen molar-refractivity contribution in [2.24, 2.45) is 5.92 Å². The van der Waals surface area contributed by atoms with E-state index >= 15 is 0 Å². The number of anilines is 1. The highest BCUT2D eigenvalue weighted by Gasteiger charge is 2.27.